The van der Waals surface area contributed by atoms with Gasteiger partial charge in [-0.05, 0) is 0 Å². The van der Waals surface area contributed by atoms with Crippen molar-refractivity contribution >= 4 is 27.6 Å². The van der Waals surface area contributed by atoms with Crippen molar-refractivity contribution in [1.82, 2.24) is 4.98 Å². The first kappa shape index (κ1) is 8.02. The quantitative estimate of drug-likeness (QED) is 0.623. The molecule has 5 nitrogen and oxygen atoms in total. The predicted molar refractivity (Wildman–Crippen MR) is 37.8 cm³/mol. The number of nitrogens with one attached hydrogen (secondary N) is 1. The van der Waals surface area contributed by atoms with Crippen LogP contribution in [0.2, 0.25) is 0 Å². The van der Waals surface area contributed by atoms with Crippen molar-refractivity contribution in [2.24, 2.45) is 0 Å². The zero-order chi connectivity index (χ0) is 8.43. The van der Waals surface area contributed by atoms with Crippen LogP contribution >= 0.6 is 11.3 Å². The molecule has 11 heavy (non-hydrogen) atoms. The number of H-pyrrole nitrogens is 1. The molecule has 1 aromatic heterocycles. The summed E-state index contributed by atoms with van der Waals surface area (Å²) in [7, 11) is -2.38. The van der Waals surface area contributed by atoms with E-state index in [2.05, 4.69) is 4.98 Å². The Morgan fingerprint density at radius 1 is 1.64 bits per heavy atom. The number of thiazole rings is 1. The zero-order valence-electron chi connectivity index (χ0n) is 5.07. The van der Waals surface area contributed by atoms with E-state index < -0.39 is 16.3 Å². The number of aromatic nitrogens is 1. The lowest BCUT2D eigenvalue weighted by Crippen LogP contribution is -1.89. The molecule has 0 saturated heterocycles. The van der Waals surface area contributed by atoms with Gasteiger partial charge in [0.2, 0.25) is 14.2 Å². The van der Waals surface area contributed by atoms with Crippen LogP contribution in [0.25, 0.3) is 0 Å². The van der Waals surface area contributed by atoms with Crippen molar-refractivity contribution < 1.29 is 18.3 Å². The van der Waals surface area contributed by atoms with Gasteiger partial charge in [0, 0.05) is 6.20 Å². The van der Waals surface area contributed by atoms with E-state index in [0.717, 1.165) is 6.20 Å². The van der Waals surface area contributed by atoms with E-state index in [1.54, 1.807) is 0 Å². The Bertz CT molecular complexity index is 429. The van der Waals surface area contributed by atoms with E-state index in [1.165, 1.54) is 0 Å². The van der Waals surface area contributed by atoms with Gasteiger partial charge in [0.1, 0.15) is 4.88 Å². The van der Waals surface area contributed by atoms with Gasteiger partial charge in [-0.15, -0.1) is 0 Å². The summed E-state index contributed by atoms with van der Waals surface area (Å²) in [6.45, 7) is 0. The van der Waals surface area contributed by atoms with Crippen LogP contribution in [0.5, 0.6) is 0 Å². The van der Waals surface area contributed by atoms with Crippen LogP contribution in [-0.4, -0.2) is 24.5 Å². The van der Waals surface area contributed by atoms with Crippen LogP contribution in [0, 0.1) is 3.95 Å². The molecule has 1 heterocycles. The van der Waals surface area contributed by atoms with Crippen LogP contribution in [0.3, 0.4) is 0 Å². The molecule has 0 bridgehead atoms. The minimum Gasteiger partial charge on any atom is -0.477 e. The smallest absolute Gasteiger partial charge is 0.347 e. The van der Waals surface area contributed by atoms with Gasteiger partial charge in [-0.3, -0.25) is 0 Å². The Morgan fingerprint density at radius 2 is 2.27 bits per heavy atom. The largest absolute Gasteiger partial charge is 0.477 e. The monoisotopic (exact) mass is 193 g/mol. The van der Waals surface area contributed by atoms with Gasteiger partial charge in [-0.2, -0.15) is 8.42 Å². The Morgan fingerprint density at radius 3 is 2.55 bits per heavy atom. The summed E-state index contributed by atoms with van der Waals surface area (Å²) in [6, 6.07) is 0. The molecule has 0 aliphatic heterocycles. The molecule has 0 aliphatic rings. The van der Waals surface area contributed by atoms with E-state index in [-0.39, 0.29) is 8.83 Å². The van der Waals surface area contributed by atoms with Gasteiger partial charge in [0.05, 0.1) is 0 Å². The second-order valence-corrected chi connectivity index (χ2v) is 3.77. The Labute approximate surface area is 66.5 Å². The van der Waals surface area contributed by atoms with Gasteiger partial charge in [-0.25, -0.2) is 4.79 Å². The van der Waals surface area contributed by atoms with Crippen molar-refractivity contribution in [2.75, 3.05) is 0 Å². The van der Waals surface area contributed by atoms with Crippen LogP contribution in [0.1, 0.15) is 9.67 Å². The number of carbonyl (C=O) groups is 1. The zero-order valence-corrected chi connectivity index (χ0v) is 6.70. The van der Waals surface area contributed by atoms with E-state index in [9.17, 15) is 13.2 Å². The highest BCUT2D eigenvalue weighted by Crippen LogP contribution is 2.06. The maximum Gasteiger partial charge on any atom is 0.347 e. The van der Waals surface area contributed by atoms with Crippen molar-refractivity contribution in [3.63, 3.8) is 0 Å². The van der Waals surface area contributed by atoms with Crippen LogP contribution < -0.4 is 0 Å². The van der Waals surface area contributed by atoms with Gasteiger partial charge in [0.25, 0.3) is 0 Å². The number of hydrogen-bond donors (Lipinski definition) is 2. The third kappa shape index (κ3) is 1.69. The summed E-state index contributed by atoms with van der Waals surface area (Å²) < 4.78 is 20.4. The van der Waals surface area contributed by atoms with Crippen molar-refractivity contribution in [1.29, 1.82) is 0 Å². The third-order valence-electron chi connectivity index (χ3n) is 0.886. The molecule has 0 unspecified atom stereocenters. The summed E-state index contributed by atoms with van der Waals surface area (Å²) >= 11 is 0.681. The highest BCUT2D eigenvalue weighted by Gasteiger charge is 2.03. The Hall–Kier alpha value is -1.08. The third-order valence-corrected chi connectivity index (χ3v) is 2.78. The summed E-state index contributed by atoms with van der Waals surface area (Å²) in [5, 5.41) is 8.37. The van der Waals surface area contributed by atoms with Crippen LogP contribution in [0.4, 0.5) is 0 Å². The van der Waals surface area contributed by atoms with E-state index in [0.29, 0.717) is 11.3 Å². The number of aromatic amines is 1. The molecule has 0 radical (unpaired) electrons. The first-order chi connectivity index (χ1) is 5.11. The molecule has 0 saturated carbocycles. The van der Waals surface area contributed by atoms with Gasteiger partial charge in [-0.1, -0.05) is 11.3 Å². The second-order valence-electron chi connectivity index (χ2n) is 1.58. The molecule has 1 aromatic rings. The molecule has 0 spiro atoms. The number of aromatic carboxylic acids is 1. The molecular formula is C4H3NO4S2. The van der Waals surface area contributed by atoms with Crippen molar-refractivity contribution in [2.45, 2.75) is 0 Å². The lowest BCUT2D eigenvalue weighted by atomic mass is 10.6. The maximum absolute atomic E-state index is 10.2. The molecule has 60 valence electrons. The molecule has 7 heteroatoms. The maximum atomic E-state index is 10.2. The summed E-state index contributed by atoms with van der Waals surface area (Å²) in [5.41, 5.74) is 0. The number of carboxylic acids is 1. The van der Waals surface area contributed by atoms with Gasteiger partial charge in [0.15, 0.2) is 0 Å². The first-order valence-corrected chi connectivity index (χ1v) is 4.34. The Balaban J connectivity index is 3.44. The first-order valence-electron chi connectivity index (χ1n) is 2.45. The molecule has 0 amide bonds. The standard InChI is InChI=1S/C4H3NO4S2/c6-3(7)2-1-5-4(10-2)11(8)9/h1,5H,(H,6,7). The molecule has 1 rings (SSSR count). The topological polar surface area (TPSA) is 87.2 Å². The number of carboxylic acid groups (broad SMARTS) is 1. The lowest BCUT2D eigenvalue weighted by Gasteiger charge is -1.77. The predicted octanol–water partition coefficient (Wildman–Crippen LogP) is 0.185. The molecule has 2 N–H and O–H groups in total. The van der Waals surface area contributed by atoms with Gasteiger partial charge >= 0.3 is 5.97 Å². The molecule has 0 aromatic carbocycles. The fraction of sp³-hybridized carbons (Fsp3) is 0. The molecule has 0 aliphatic carbocycles. The highest BCUT2D eigenvalue weighted by atomic mass is 32.2. The molecular weight excluding hydrogens is 190 g/mol. The Kier molecular flexibility index (Phi) is 2.11. The fourth-order valence-electron chi connectivity index (χ4n) is 0.471. The molecule has 0 atom stereocenters. The average Bonchev–Trinajstić information content (AvgIpc) is 2.33. The average molecular weight is 193 g/mol. The van der Waals surface area contributed by atoms with Crippen molar-refractivity contribution in [3.05, 3.63) is 15.0 Å². The lowest BCUT2D eigenvalue weighted by molar-refractivity contribution is 0.0702. The molecule has 0 fully saturated rings. The van der Waals surface area contributed by atoms with Crippen LogP contribution in [0.15, 0.2) is 6.20 Å². The van der Waals surface area contributed by atoms with E-state index >= 15 is 0 Å². The number of rotatable bonds is 1. The minimum absolute atomic E-state index is 0.0239. The number of hydrogen-bond acceptors (Lipinski definition) is 4. The van der Waals surface area contributed by atoms with E-state index in [1.807, 2.05) is 0 Å². The highest BCUT2D eigenvalue weighted by molar-refractivity contribution is 7.66. The fourth-order valence-corrected chi connectivity index (χ4v) is 1.69. The normalized spacial score (nSPS) is 9.45. The summed E-state index contributed by atoms with van der Waals surface area (Å²) in [6.07, 6.45) is 1.14. The minimum atomic E-state index is -2.38. The van der Waals surface area contributed by atoms with Crippen molar-refractivity contribution in [3.8, 4) is 0 Å². The van der Waals surface area contributed by atoms with Gasteiger partial charge < -0.3 is 10.1 Å². The second kappa shape index (κ2) is 2.89. The summed E-state index contributed by atoms with van der Waals surface area (Å²) in [5.74, 6) is -1.14. The van der Waals surface area contributed by atoms with E-state index in [4.69, 9.17) is 5.11 Å². The van der Waals surface area contributed by atoms with Crippen LogP contribution in [-0.2, 0) is 10.3 Å². The summed E-state index contributed by atoms with van der Waals surface area (Å²) in [4.78, 5) is 12.5. The SMILES string of the molecule is O=C(O)c1c[nH]c(=S(=O)=O)s1.